The van der Waals surface area contributed by atoms with Crippen molar-refractivity contribution in [2.75, 3.05) is 7.11 Å². The Bertz CT molecular complexity index is 466. The zero-order valence-corrected chi connectivity index (χ0v) is 10.1. The van der Waals surface area contributed by atoms with Crippen LogP contribution in [0, 0.1) is 16.0 Å². The van der Waals surface area contributed by atoms with Gasteiger partial charge in [0.1, 0.15) is 11.7 Å². The lowest BCUT2D eigenvalue weighted by atomic mass is 9.96. The summed E-state index contributed by atoms with van der Waals surface area (Å²) >= 11 is 0. The van der Waals surface area contributed by atoms with E-state index in [0.29, 0.717) is 5.56 Å². The minimum atomic E-state index is -0.864. The van der Waals surface area contributed by atoms with Crippen LogP contribution in [0.2, 0.25) is 0 Å². The maximum absolute atomic E-state index is 11.4. The number of benzene rings is 1. The van der Waals surface area contributed by atoms with Crippen LogP contribution >= 0.6 is 0 Å². The van der Waals surface area contributed by atoms with Gasteiger partial charge in [-0.05, 0) is 18.9 Å². The monoisotopic (exact) mass is 251 g/mol. The van der Waals surface area contributed by atoms with E-state index in [1.807, 2.05) is 0 Å². The third-order valence-electron chi connectivity index (χ3n) is 2.56. The van der Waals surface area contributed by atoms with Crippen LogP contribution < -0.4 is 0 Å². The van der Waals surface area contributed by atoms with E-state index in [2.05, 4.69) is 4.74 Å². The third-order valence-corrected chi connectivity index (χ3v) is 2.56. The Hall–Kier alpha value is -2.24. The Kier molecular flexibility index (Phi) is 4.53. The van der Waals surface area contributed by atoms with Crippen LogP contribution in [0.5, 0.6) is 0 Å². The van der Waals surface area contributed by atoms with Crippen LogP contribution in [0.4, 0.5) is 5.69 Å². The predicted molar refractivity (Wildman–Crippen MR) is 63.0 cm³/mol. The average molecular weight is 251 g/mol. The van der Waals surface area contributed by atoms with E-state index in [4.69, 9.17) is 0 Å². The Balaban J connectivity index is 2.85. The average Bonchev–Trinajstić information content (AvgIpc) is 2.35. The molecular formula is C12H13NO5. The molecule has 0 aromatic heterocycles. The summed E-state index contributed by atoms with van der Waals surface area (Å²) in [7, 11) is 1.22. The SMILES string of the molecule is COC(=O)[C@@H](Cc1ccc([N+](=O)[O-])cc1)C(C)=O. The summed E-state index contributed by atoms with van der Waals surface area (Å²) in [4.78, 5) is 32.7. The number of esters is 1. The fraction of sp³-hybridized carbons (Fsp3) is 0.333. The number of carbonyl (C=O) groups is 2. The number of carbonyl (C=O) groups excluding carboxylic acids is 2. The number of nitrogens with zero attached hydrogens (tertiary/aromatic N) is 1. The van der Waals surface area contributed by atoms with Gasteiger partial charge in [-0.25, -0.2) is 0 Å². The lowest BCUT2D eigenvalue weighted by Gasteiger charge is -2.10. The van der Waals surface area contributed by atoms with Crippen LogP contribution in [-0.4, -0.2) is 23.8 Å². The molecule has 0 radical (unpaired) electrons. The van der Waals surface area contributed by atoms with Gasteiger partial charge in [0.05, 0.1) is 12.0 Å². The lowest BCUT2D eigenvalue weighted by molar-refractivity contribution is -0.384. The van der Waals surface area contributed by atoms with Gasteiger partial charge in [0.15, 0.2) is 0 Å². The van der Waals surface area contributed by atoms with Crippen LogP contribution in [0.25, 0.3) is 0 Å². The van der Waals surface area contributed by atoms with Crippen LogP contribution in [-0.2, 0) is 20.7 Å². The predicted octanol–water partition coefficient (Wildman–Crippen LogP) is 1.52. The van der Waals surface area contributed by atoms with Gasteiger partial charge in [-0.3, -0.25) is 19.7 Å². The molecule has 0 heterocycles. The largest absolute Gasteiger partial charge is 0.468 e. The topological polar surface area (TPSA) is 86.5 Å². The number of methoxy groups -OCH3 is 1. The standard InChI is InChI=1S/C12H13NO5/c1-8(14)11(12(15)18-2)7-9-3-5-10(6-4-9)13(16)17/h3-6,11H,7H2,1-2H3/t11-/m0/s1. The molecule has 18 heavy (non-hydrogen) atoms. The molecular weight excluding hydrogens is 238 g/mol. The van der Waals surface area contributed by atoms with Gasteiger partial charge >= 0.3 is 5.97 Å². The zero-order chi connectivity index (χ0) is 13.7. The van der Waals surface area contributed by atoms with Crippen molar-refractivity contribution in [1.82, 2.24) is 0 Å². The second-order valence-corrected chi connectivity index (χ2v) is 3.81. The first-order chi connectivity index (χ1) is 8.45. The Labute approximate surface area is 104 Å². The molecule has 0 amide bonds. The summed E-state index contributed by atoms with van der Waals surface area (Å²) < 4.78 is 4.54. The van der Waals surface area contributed by atoms with E-state index in [0.717, 1.165) is 0 Å². The number of Topliss-reactive ketones (excluding diaryl/α,β-unsaturated/α-hetero) is 1. The van der Waals surface area contributed by atoms with E-state index in [9.17, 15) is 19.7 Å². The molecule has 0 aliphatic heterocycles. The van der Waals surface area contributed by atoms with Crippen molar-refractivity contribution in [2.24, 2.45) is 5.92 Å². The summed E-state index contributed by atoms with van der Waals surface area (Å²) in [5, 5.41) is 10.5. The third kappa shape index (κ3) is 3.38. The second kappa shape index (κ2) is 5.90. The van der Waals surface area contributed by atoms with Gasteiger partial charge in [-0.2, -0.15) is 0 Å². The van der Waals surface area contributed by atoms with Crippen molar-refractivity contribution >= 4 is 17.4 Å². The number of nitro benzene ring substituents is 1. The molecule has 0 saturated heterocycles. The van der Waals surface area contributed by atoms with E-state index in [1.165, 1.54) is 38.3 Å². The van der Waals surface area contributed by atoms with Crippen molar-refractivity contribution in [3.05, 3.63) is 39.9 Å². The molecule has 0 aliphatic carbocycles. The smallest absolute Gasteiger partial charge is 0.316 e. The van der Waals surface area contributed by atoms with Crippen LogP contribution in [0.3, 0.4) is 0 Å². The zero-order valence-electron chi connectivity index (χ0n) is 10.1. The quantitative estimate of drug-likeness (QED) is 0.342. The molecule has 0 N–H and O–H groups in total. The van der Waals surface area contributed by atoms with E-state index >= 15 is 0 Å². The highest BCUT2D eigenvalue weighted by atomic mass is 16.6. The van der Waals surface area contributed by atoms with Gasteiger partial charge in [0.2, 0.25) is 0 Å². The molecule has 1 atom stereocenters. The molecule has 0 aliphatic rings. The summed E-state index contributed by atoms with van der Waals surface area (Å²) in [6, 6.07) is 5.72. The number of hydrogen-bond donors (Lipinski definition) is 0. The molecule has 1 aromatic carbocycles. The molecule has 1 rings (SSSR count). The molecule has 6 heteroatoms. The summed E-state index contributed by atoms with van der Waals surface area (Å²) in [6.45, 7) is 1.31. The minimum Gasteiger partial charge on any atom is -0.468 e. The van der Waals surface area contributed by atoms with Gasteiger partial charge in [0.25, 0.3) is 5.69 Å². The molecule has 0 saturated carbocycles. The Morgan fingerprint density at radius 2 is 1.89 bits per heavy atom. The fourth-order valence-corrected chi connectivity index (χ4v) is 1.52. The Morgan fingerprint density at radius 3 is 2.28 bits per heavy atom. The molecule has 1 aromatic rings. The second-order valence-electron chi connectivity index (χ2n) is 3.81. The number of ketones is 1. The van der Waals surface area contributed by atoms with Gasteiger partial charge in [-0.15, -0.1) is 0 Å². The van der Waals surface area contributed by atoms with E-state index in [-0.39, 0.29) is 17.9 Å². The maximum Gasteiger partial charge on any atom is 0.316 e. The van der Waals surface area contributed by atoms with Crippen molar-refractivity contribution in [3.63, 3.8) is 0 Å². The highest BCUT2D eigenvalue weighted by Crippen LogP contribution is 2.16. The summed E-state index contributed by atoms with van der Waals surface area (Å²) in [5.74, 6) is -1.75. The van der Waals surface area contributed by atoms with Gasteiger partial charge in [-0.1, -0.05) is 12.1 Å². The number of nitro groups is 1. The number of non-ortho nitro benzene ring substituents is 1. The minimum absolute atomic E-state index is 0.0313. The first-order valence-corrected chi connectivity index (χ1v) is 5.27. The van der Waals surface area contributed by atoms with E-state index in [1.54, 1.807) is 0 Å². The highest BCUT2D eigenvalue weighted by molar-refractivity contribution is 5.97. The number of rotatable bonds is 5. The number of ether oxygens (including phenoxy) is 1. The number of hydrogen-bond acceptors (Lipinski definition) is 5. The molecule has 96 valence electrons. The molecule has 0 fully saturated rings. The van der Waals surface area contributed by atoms with Gasteiger partial charge < -0.3 is 4.74 Å². The molecule has 0 bridgehead atoms. The summed E-state index contributed by atoms with van der Waals surface area (Å²) in [6.07, 6.45) is 0.181. The molecule has 0 spiro atoms. The summed E-state index contributed by atoms with van der Waals surface area (Å²) in [5.41, 5.74) is 0.641. The first kappa shape index (κ1) is 13.8. The lowest BCUT2D eigenvalue weighted by Crippen LogP contribution is -2.25. The van der Waals surface area contributed by atoms with E-state index < -0.39 is 16.8 Å². The highest BCUT2D eigenvalue weighted by Gasteiger charge is 2.24. The van der Waals surface area contributed by atoms with Crippen molar-refractivity contribution < 1.29 is 19.2 Å². The molecule has 6 nitrogen and oxygen atoms in total. The molecule has 0 unspecified atom stereocenters. The van der Waals surface area contributed by atoms with Crippen molar-refractivity contribution in [1.29, 1.82) is 0 Å². The van der Waals surface area contributed by atoms with Gasteiger partial charge in [0, 0.05) is 12.1 Å². The Morgan fingerprint density at radius 1 is 1.33 bits per heavy atom. The van der Waals surface area contributed by atoms with Crippen LogP contribution in [0.15, 0.2) is 24.3 Å². The van der Waals surface area contributed by atoms with Crippen LogP contribution in [0.1, 0.15) is 12.5 Å². The normalized spacial score (nSPS) is 11.7. The fourth-order valence-electron chi connectivity index (χ4n) is 1.52. The maximum atomic E-state index is 11.4. The first-order valence-electron chi connectivity index (χ1n) is 5.27. The van der Waals surface area contributed by atoms with Crippen molar-refractivity contribution in [2.45, 2.75) is 13.3 Å². The van der Waals surface area contributed by atoms with Crippen molar-refractivity contribution in [3.8, 4) is 0 Å².